The van der Waals surface area contributed by atoms with E-state index in [1.165, 1.54) is 0 Å². The molecule has 2 heterocycles. The fourth-order valence-electron chi connectivity index (χ4n) is 2.23. The molecule has 0 fully saturated rings. The summed E-state index contributed by atoms with van der Waals surface area (Å²) in [6.45, 7) is 6.08. The number of hydrogen-bond acceptors (Lipinski definition) is 5. The summed E-state index contributed by atoms with van der Waals surface area (Å²) in [5.41, 5.74) is 5.48. The van der Waals surface area contributed by atoms with Gasteiger partial charge >= 0.3 is 0 Å². The molecule has 6 nitrogen and oxygen atoms in total. The molecule has 0 aliphatic carbocycles. The molecule has 0 aromatic carbocycles. The van der Waals surface area contributed by atoms with Gasteiger partial charge in [0.25, 0.3) is 0 Å². The lowest BCUT2D eigenvalue weighted by Crippen LogP contribution is -2.32. The van der Waals surface area contributed by atoms with Crippen molar-refractivity contribution in [1.29, 1.82) is 0 Å². The molecule has 0 spiro atoms. The zero-order chi connectivity index (χ0) is 14.7. The number of nitrogens with one attached hydrogen (secondary N) is 1. The van der Waals surface area contributed by atoms with Gasteiger partial charge in [0.1, 0.15) is 11.7 Å². The molecule has 0 radical (unpaired) electrons. The summed E-state index contributed by atoms with van der Waals surface area (Å²) >= 11 is 0. The normalized spacial score (nSPS) is 12.7. The van der Waals surface area contributed by atoms with E-state index in [1.54, 1.807) is 13.3 Å². The van der Waals surface area contributed by atoms with Crippen LogP contribution in [0, 0.1) is 6.92 Å². The Morgan fingerprint density at radius 2 is 2.10 bits per heavy atom. The zero-order valence-corrected chi connectivity index (χ0v) is 12.3. The Labute approximate surface area is 118 Å². The minimum atomic E-state index is -0.269. The molecule has 3 N–H and O–H groups in total. The molecular formula is C14H21N5O. The van der Waals surface area contributed by atoms with Gasteiger partial charge in [0.2, 0.25) is 0 Å². The predicted octanol–water partition coefficient (Wildman–Crippen LogP) is 1.73. The van der Waals surface area contributed by atoms with Crippen LogP contribution in [-0.2, 0) is 0 Å². The Morgan fingerprint density at radius 1 is 1.35 bits per heavy atom. The lowest BCUT2D eigenvalue weighted by atomic mass is 10.1. The largest absolute Gasteiger partial charge is 0.493 e. The molecule has 108 valence electrons. The summed E-state index contributed by atoms with van der Waals surface area (Å²) in [5, 5.41) is 4.37. The molecular weight excluding hydrogens is 254 g/mol. The molecule has 1 unspecified atom stereocenters. The topological polar surface area (TPSA) is 78.0 Å². The molecule has 0 aliphatic rings. The van der Waals surface area contributed by atoms with Crippen molar-refractivity contribution in [3.05, 3.63) is 41.5 Å². The fourth-order valence-corrected chi connectivity index (χ4v) is 2.23. The van der Waals surface area contributed by atoms with E-state index in [4.69, 9.17) is 10.6 Å². The van der Waals surface area contributed by atoms with Gasteiger partial charge in [0, 0.05) is 11.7 Å². The summed E-state index contributed by atoms with van der Waals surface area (Å²) in [6, 6.07) is 5.79. The maximum absolute atomic E-state index is 5.75. The second-order valence-electron chi connectivity index (χ2n) is 4.94. The molecule has 0 saturated carbocycles. The number of rotatable bonds is 5. The summed E-state index contributed by atoms with van der Waals surface area (Å²) in [5.74, 6) is 6.45. The van der Waals surface area contributed by atoms with Crippen LogP contribution in [0.4, 0.5) is 0 Å². The SMILES string of the molecule is COc1cnn(C(C)C)c1C(NN)c1cccc(C)n1. The Hall–Kier alpha value is -1.92. The van der Waals surface area contributed by atoms with E-state index in [1.807, 2.05) is 29.8 Å². The van der Waals surface area contributed by atoms with Crippen LogP contribution in [0.25, 0.3) is 0 Å². The first-order chi connectivity index (χ1) is 9.58. The number of hydrazine groups is 1. The van der Waals surface area contributed by atoms with Crippen molar-refractivity contribution in [1.82, 2.24) is 20.2 Å². The zero-order valence-electron chi connectivity index (χ0n) is 12.3. The number of aryl methyl sites for hydroxylation is 1. The van der Waals surface area contributed by atoms with Crippen LogP contribution < -0.4 is 16.0 Å². The molecule has 0 saturated heterocycles. The van der Waals surface area contributed by atoms with Gasteiger partial charge in [-0.1, -0.05) is 6.07 Å². The van der Waals surface area contributed by atoms with E-state index < -0.39 is 0 Å². The monoisotopic (exact) mass is 275 g/mol. The minimum absolute atomic E-state index is 0.203. The van der Waals surface area contributed by atoms with E-state index in [0.717, 1.165) is 17.1 Å². The maximum atomic E-state index is 5.75. The Balaban J connectivity index is 2.54. The lowest BCUT2D eigenvalue weighted by Gasteiger charge is -2.20. The first-order valence-electron chi connectivity index (χ1n) is 6.59. The molecule has 6 heteroatoms. The number of pyridine rings is 1. The van der Waals surface area contributed by atoms with Crippen LogP contribution in [0.5, 0.6) is 5.75 Å². The van der Waals surface area contributed by atoms with Crippen molar-refractivity contribution in [3.63, 3.8) is 0 Å². The highest BCUT2D eigenvalue weighted by atomic mass is 16.5. The van der Waals surface area contributed by atoms with Crippen molar-refractivity contribution < 1.29 is 4.74 Å². The van der Waals surface area contributed by atoms with E-state index in [9.17, 15) is 0 Å². The van der Waals surface area contributed by atoms with Crippen molar-refractivity contribution >= 4 is 0 Å². The molecule has 2 rings (SSSR count). The molecule has 1 atom stereocenters. The van der Waals surface area contributed by atoms with Crippen LogP contribution in [0.2, 0.25) is 0 Å². The van der Waals surface area contributed by atoms with Gasteiger partial charge in [-0.05, 0) is 32.9 Å². The highest BCUT2D eigenvalue weighted by Crippen LogP contribution is 2.30. The van der Waals surface area contributed by atoms with Crippen molar-refractivity contribution in [2.75, 3.05) is 7.11 Å². The summed E-state index contributed by atoms with van der Waals surface area (Å²) in [6.07, 6.45) is 1.70. The minimum Gasteiger partial charge on any atom is -0.493 e. The molecule has 0 amide bonds. The van der Waals surface area contributed by atoms with Gasteiger partial charge in [-0.3, -0.25) is 15.5 Å². The third kappa shape index (κ3) is 2.66. The highest BCUT2D eigenvalue weighted by Gasteiger charge is 2.24. The molecule has 2 aromatic heterocycles. The van der Waals surface area contributed by atoms with Crippen LogP contribution in [0.3, 0.4) is 0 Å². The predicted molar refractivity (Wildman–Crippen MR) is 77.3 cm³/mol. The average Bonchev–Trinajstić information content (AvgIpc) is 2.84. The number of nitrogens with zero attached hydrogens (tertiary/aromatic N) is 3. The van der Waals surface area contributed by atoms with Gasteiger partial charge < -0.3 is 4.74 Å². The van der Waals surface area contributed by atoms with E-state index >= 15 is 0 Å². The van der Waals surface area contributed by atoms with Crippen LogP contribution >= 0.6 is 0 Å². The summed E-state index contributed by atoms with van der Waals surface area (Å²) in [7, 11) is 1.63. The van der Waals surface area contributed by atoms with E-state index in [0.29, 0.717) is 5.75 Å². The quantitative estimate of drug-likeness (QED) is 0.642. The first kappa shape index (κ1) is 14.5. The Kier molecular flexibility index (Phi) is 4.36. The van der Waals surface area contributed by atoms with Crippen LogP contribution in [0.1, 0.15) is 43.0 Å². The number of methoxy groups -OCH3 is 1. The fraction of sp³-hybridized carbons (Fsp3) is 0.429. The van der Waals surface area contributed by atoms with Gasteiger partial charge in [-0.15, -0.1) is 0 Å². The van der Waals surface area contributed by atoms with Crippen LogP contribution in [-0.4, -0.2) is 21.9 Å². The van der Waals surface area contributed by atoms with Gasteiger partial charge in [0.15, 0.2) is 5.75 Å². The van der Waals surface area contributed by atoms with Crippen molar-refractivity contribution in [2.45, 2.75) is 32.9 Å². The Bertz CT molecular complexity index is 579. The number of hydrogen-bond donors (Lipinski definition) is 2. The number of ether oxygens (including phenoxy) is 1. The second kappa shape index (κ2) is 6.02. The van der Waals surface area contributed by atoms with Crippen molar-refractivity contribution in [3.8, 4) is 5.75 Å². The molecule has 0 aliphatic heterocycles. The van der Waals surface area contributed by atoms with Crippen molar-refractivity contribution in [2.24, 2.45) is 5.84 Å². The maximum Gasteiger partial charge on any atom is 0.162 e. The first-order valence-corrected chi connectivity index (χ1v) is 6.59. The number of aromatic nitrogens is 3. The Morgan fingerprint density at radius 3 is 2.65 bits per heavy atom. The molecule has 20 heavy (non-hydrogen) atoms. The second-order valence-corrected chi connectivity index (χ2v) is 4.94. The average molecular weight is 275 g/mol. The standard InChI is InChI=1S/C14H21N5O/c1-9(2)19-14(12(20-4)8-16-19)13(18-15)11-7-5-6-10(3)17-11/h5-9,13,18H,15H2,1-4H3. The summed E-state index contributed by atoms with van der Waals surface area (Å²) in [4.78, 5) is 4.54. The van der Waals surface area contributed by atoms with Gasteiger partial charge in [0.05, 0.1) is 19.0 Å². The van der Waals surface area contributed by atoms with E-state index in [-0.39, 0.29) is 12.1 Å². The highest BCUT2D eigenvalue weighted by molar-refractivity contribution is 5.34. The third-order valence-electron chi connectivity index (χ3n) is 3.15. The smallest absolute Gasteiger partial charge is 0.162 e. The van der Waals surface area contributed by atoms with Gasteiger partial charge in [-0.25, -0.2) is 5.43 Å². The molecule has 2 aromatic rings. The lowest BCUT2D eigenvalue weighted by molar-refractivity contribution is 0.393. The van der Waals surface area contributed by atoms with Crippen LogP contribution in [0.15, 0.2) is 24.4 Å². The third-order valence-corrected chi connectivity index (χ3v) is 3.15. The van der Waals surface area contributed by atoms with E-state index in [2.05, 4.69) is 29.4 Å². The molecule has 0 bridgehead atoms. The summed E-state index contributed by atoms with van der Waals surface area (Å²) < 4.78 is 7.30. The van der Waals surface area contributed by atoms with Gasteiger partial charge in [-0.2, -0.15) is 5.10 Å². The number of nitrogens with two attached hydrogens (primary N) is 1.